The van der Waals surface area contributed by atoms with Crippen molar-refractivity contribution in [1.29, 1.82) is 0 Å². The van der Waals surface area contributed by atoms with Gasteiger partial charge in [-0.2, -0.15) is 4.31 Å². The fraction of sp³-hybridized carbons (Fsp3) is 0.385. The summed E-state index contributed by atoms with van der Waals surface area (Å²) in [6.45, 7) is 0.570. The minimum Gasteiger partial charge on any atom is -0.389 e. The summed E-state index contributed by atoms with van der Waals surface area (Å²) in [5.74, 6) is -0.623. The van der Waals surface area contributed by atoms with Gasteiger partial charge in [-0.25, -0.2) is 8.42 Å². The number of thiocarbonyl (C=S) groups is 1. The molecule has 0 saturated carbocycles. The zero-order chi connectivity index (χ0) is 15.6. The van der Waals surface area contributed by atoms with Gasteiger partial charge in [0.25, 0.3) is 0 Å². The third kappa shape index (κ3) is 3.39. The Bertz CT molecular complexity index is 665. The number of primary amides is 1. The first-order valence-corrected chi connectivity index (χ1v) is 8.36. The standard InChI is InChI=1S/C13H17N3O3S2/c14-12(17)9-4-6-16(7-5-9)21(18,19)11-3-1-2-10(8-11)13(15)20/h1-3,8-9H,4-7H2,(H2,14,17)(H2,15,20). The van der Waals surface area contributed by atoms with Crippen molar-refractivity contribution in [3.05, 3.63) is 29.8 Å². The van der Waals surface area contributed by atoms with Gasteiger partial charge in [-0.05, 0) is 25.0 Å². The molecule has 1 aliphatic rings. The minimum absolute atomic E-state index is 0.152. The molecule has 0 spiro atoms. The second-order valence-corrected chi connectivity index (χ2v) is 7.35. The zero-order valence-electron chi connectivity index (χ0n) is 11.4. The maximum atomic E-state index is 12.6. The average molecular weight is 327 g/mol. The molecule has 1 amide bonds. The highest BCUT2D eigenvalue weighted by molar-refractivity contribution is 7.89. The van der Waals surface area contributed by atoms with Crippen molar-refractivity contribution in [2.45, 2.75) is 17.7 Å². The molecule has 1 aromatic carbocycles. The molecule has 1 aliphatic heterocycles. The molecule has 0 aliphatic carbocycles. The molecule has 1 saturated heterocycles. The van der Waals surface area contributed by atoms with Gasteiger partial charge in [-0.15, -0.1) is 0 Å². The van der Waals surface area contributed by atoms with E-state index in [1.807, 2.05) is 0 Å². The van der Waals surface area contributed by atoms with Crippen LogP contribution in [0.5, 0.6) is 0 Å². The highest BCUT2D eigenvalue weighted by Crippen LogP contribution is 2.24. The number of hydrogen-bond donors (Lipinski definition) is 2. The molecule has 4 N–H and O–H groups in total. The maximum absolute atomic E-state index is 12.6. The molecule has 21 heavy (non-hydrogen) atoms. The molecule has 0 atom stereocenters. The molecule has 8 heteroatoms. The Morgan fingerprint density at radius 3 is 2.38 bits per heavy atom. The highest BCUT2D eigenvalue weighted by atomic mass is 32.2. The zero-order valence-corrected chi connectivity index (χ0v) is 13.0. The number of benzene rings is 1. The van der Waals surface area contributed by atoms with Gasteiger partial charge in [0.15, 0.2) is 0 Å². The molecule has 1 fully saturated rings. The van der Waals surface area contributed by atoms with E-state index in [1.165, 1.54) is 16.4 Å². The number of rotatable bonds is 4. The van der Waals surface area contributed by atoms with Gasteiger partial charge in [-0.3, -0.25) is 4.79 Å². The highest BCUT2D eigenvalue weighted by Gasteiger charge is 2.31. The van der Waals surface area contributed by atoms with E-state index >= 15 is 0 Å². The van der Waals surface area contributed by atoms with E-state index in [0.29, 0.717) is 18.4 Å². The number of sulfonamides is 1. The molecule has 2 rings (SSSR count). The fourth-order valence-corrected chi connectivity index (χ4v) is 3.98. The smallest absolute Gasteiger partial charge is 0.243 e. The van der Waals surface area contributed by atoms with Gasteiger partial charge in [0.05, 0.1) is 4.90 Å². The Hall–Kier alpha value is -1.51. The van der Waals surface area contributed by atoms with Gasteiger partial charge < -0.3 is 11.5 Å². The summed E-state index contributed by atoms with van der Waals surface area (Å²) < 4.78 is 26.5. The molecule has 0 unspecified atom stereocenters. The number of hydrogen-bond acceptors (Lipinski definition) is 4. The van der Waals surface area contributed by atoms with Crippen molar-refractivity contribution < 1.29 is 13.2 Å². The van der Waals surface area contributed by atoms with E-state index in [4.69, 9.17) is 23.7 Å². The van der Waals surface area contributed by atoms with Crippen molar-refractivity contribution >= 4 is 33.1 Å². The second-order valence-electron chi connectivity index (χ2n) is 4.97. The van der Waals surface area contributed by atoms with E-state index in [0.717, 1.165) is 0 Å². The lowest BCUT2D eigenvalue weighted by molar-refractivity contribution is -0.122. The fourth-order valence-electron chi connectivity index (χ4n) is 2.34. The lowest BCUT2D eigenvalue weighted by Crippen LogP contribution is -2.41. The predicted octanol–water partition coefficient (Wildman–Crippen LogP) is 0.207. The first kappa shape index (κ1) is 15.9. The Kier molecular flexibility index (Phi) is 4.60. The van der Waals surface area contributed by atoms with Crippen LogP contribution in [-0.4, -0.2) is 36.7 Å². The predicted molar refractivity (Wildman–Crippen MR) is 83.0 cm³/mol. The quantitative estimate of drug-likeness (QED) is 0.769. The van der Waals surface area contributed by atoms with Crippen LogP contribution in [0.1, 0.15) is 18.4 Å². The third-order valence-electron chi connectivity index (χ3n) is 3.61. The number of nitrogens with zero attached hydrogens (tertiary/aromatic N) is 1. The van der Waals surface area contributed by atoms with E-state index in [2.05, 4.69) is 0 Å². The summed E-state index contributed by atoms with van der Waals surface area (Å²) in [5, 5.41) is 0. The summed E-state index contributed by atoms with van der Waals surface area (Å²) in [6.07, 6.45) is 0.896. The van der Waals surface area contributed by atoms with Gasteiger partial charge in [-0.1, -0.05) is 24.4 Å². The Labute approximate surface area is 129 Å². The normalized spacial score (nSPS) is 17.5. The number of nitrogens with two attached hydrogens (primary N) is 2. The lowest BCUT2D eigenvalue weighted by Gasteiger charge is -2.29. The third-order valence-corrected chi connectivity index (χ3v) is 5.74. The van der Waals surface area contributed by atoms with Crippen LogP contribution in [0.25, 0.3) is 0 Å². The summed E-state index contributed by atoms with van der Waals surface area (Å²) in [7, 11) is -3.60. The molecule has 0 bridgehead atoms. The average Bonchev–Trinajstić information content (AvgIpc) is 2.47. The summed E-state index contributed by atoms with van der Waals surface area (Å²) >= 11 is 4.86. The second kappa shape index (κ2) is 6.08. The molecule has 1 aromatic rings. The van der Waals surface area contributed by atoms with E-state index < -0.39 is 10.0 Å². The van der Waals surface area contributed by atoms with Gasteiger partial charge in [0.2, 0.25) is 15.9 Å². The van der Waals surface area contributed by atoms with Crippen LogP contribution < -0.4 is 11.5 Å². The minimum atomic E-state index is -3.60. The molecule has 1 heterocycles. The number of carbonyl (C=O) groups is 1. The first-order valence-electron chi connectivity index (χ1n) is 6.51. The Morgan fingerprint density at radius 2 is 1.86 bits per heavy atom. The number of amides is 1. The molecular weight excluding hydrogens is 310 g/mol. The maximum Gasteiger partial charge on any atom is 0.243 e. The van der Waals surface area contributed by atoms with Crippen molar-refractivity contribution in [3.63, 3.8) is 0 Å². The molecule has 6 nitrogen and oxygen atoms in total. The van der Waals surface area contributed by atoms with Crippen molar-refractivity contribution in [1.82, 2.24) is 4.31 Å². The van der Waals surface area contributed by atoms with Crippen LogP contribution in [0.2, 0.25) is 0 Å². The topological polar surface area (TPSA) is 106 Å². The van der Waals surface area contributed by atoms with Crippen LogP contribution in [0.4, 0.5) is 0 Å². The van der Waals surface area contributed by atoms with Gasteiger partial charge >= 0.3 is 0 Å². The Balaban J connectivity index is 2.21. The summed E-state index contributed by atoms with van der Waals surface area (Å²) in [5.41, 5.74) is 11.3. The number of carbonyl (C=O) groups excluding carboxylic acids is 1. The Morgan fingerprint density at radius 1 is 1.24 bits per heavy atom. The molecule has 0 aromatic heterocycles. The van der Waals surface area contributed by atoms with Crippen molar-refractivity contribution in [2.24, 2.45) is 17.4 Å². The van der Waals surface area contributed by atoms with Crippen LogP contribution in [0, 0.1) is 5.92 Å². The lowest BCUT2D eigenvalue weighted by atomic mass is 9.98. The first-order chi connectivity index (χ1) is 9.82. The number of piperidine rings is 1. The molecule has 0 radical (unpaired) electrons. The molecule has 114 valence electrons. The monoisotopic (exact) mass is 327 g/mol. The van der Waals surface area contributed by atoms with E-state index in [1.54, 1.807) is 12.1 Å². The van der Waals surface area contributed by atoms with Crippen LogP contribution >= 0.6 is 12.2 Å². The van der Waals surface area contributed by atoms with Crippen LogP contribution in [-0.2, 0) is 14.8 Å². The summed E-state index contributed by atoms with van der Waals surface area (Å²) in [6, 6.07) is 6.26. The largest absolute Gasteiger partial charge is 0.389 e. The van der Waals surface area contributed by atoms with E-state index in [9.17, 15) is 13.2 Å². The van der Waals surface area contributed by atoms with Crippen molar-refractivity contribution in [3.8, 4) is 0 Å². The van der Waals surface area contributed by atoms with Crippen LogP contribution in [0.15, 0.2) is 29.2 Å². The van der Waals surface area contributed by atoms with Gasteiger partial charge in [0, 0.05) is 24.6 Å². The van der Waals surface area contributed by atoms with E-state index in [-0.39, 0.29) is 34.8 Å². The van der Waals surface area contributed by atoms with Crippen LogP contribution in [0.3, 0.4) is 0 Å². The summed E-state index contributed by atoms with van der Waals surface area (Å²) in [4.78, 5) is 11.4. The molecular formula is C13H17N3O3S2. The SMILES string of the molecule is NC(=O)C1CCN(S(=O)(=O)c2cccc(C(N)=S)c2)CC1. The van der Waals surface area contributed by atoms with Gasteiger partial charge in [0.1, 0.15) is 4.99 Å². The van der Waals surface area contributed by atoms with Crippen molar-refractivity contribution in [2.75, 3.05) is 13.1 Å².